The fraction of sp³-hybridized carbons (Fsp3) is 0.556. The van der Waals surface area contributed by atoms with Crippen LogP contribution in [0.25, 0.3) is 0 Å². The van der Waals surface area contributed by atoms with E-state index in [1.54, 1.807) is 6.92 Å². The number of imide groups is 1. The van der Waals surface area contributed by atoms with Gasteiger partial charge in [0.25, 0.3) is 0 Å². The van der Waals surface area contributed by atoms with E-state index in [1.165, 1.54) is 24.9 Å². The van der Waals surface area contributed by atoms with Gasteiger partial charge in [-0.05, 0) is 63.3 Å². The summed E-state index contributed by atoms with van der Waals surface area (Å²) in [5, 5.41) is 8.25. The van der Waals surface area contributed by atoms with Crippen molar-refractivity contribution in [1.29, 1.82) is 0 Å². The third kappa shape index (κ3) is 4.63. The Kier molecular flexibility index (Phi) is 5.23. The first-order valence-corrected chi connectivity index (χ1v) is 8.85. The number of nitrogens with zero attached hydrogens (tertiary/aromatic N) is 1. The average molecular weight is 330 g/mol. The van der Waals surface area contributed by atoms with Crippen LogP contribution in [0.5, 0.6) is 0 Å². The maximum atomic E-state index is 12.0. The minimum Gasteiger partial charge on any atom is -0.374 e. The predicted molar refractivity (Wildman–Crippen MR) is 95.3 cm³/mol. The van der Waals surface area contributed by atoms with Gasteiger partial charge in [0.15, 0.2) is 0 Å². The Hall–Kier alpha value is -2.24. The van der Waals surface area contributed by atoms with Crippen LogP contribution in [0.2, 0.25) is 0 Å². The minimum atomic E-state index is -0.476. The number of nitrogens with one attached hydrogen (secondary N) is 3. The fourth-order valence-corrected chi connectivity index (χ4v) is 2.91. The lowest BCUT2D eigenvalue weighted by Gasteiger charge is -2.29. The highest BCUT2D eigenvalue weighted by molar-refractivity contribution is 5.98. The molecule has 6 nitrogen and oxygen atoms in total. The van der Waals surface area contributed by atoms with Crippen molar-refractivity contribution in [3.63, 3.8) is 0 Å². The standard InChI is InChI=1S/C18H26N4O2/c1-13(17(23)21-18(24)20-15-5-6-15)19-14-7-9-16(10-8-14)22-11-3-2-4-12-22/h7-10,13,15,19H,2-6,11-12H2,1H3,(H2,20,21,23,24). The van der Waals surface area contributed by atoms with Gasteiger partial charge < -0.3 is 15.5 Å². The molecule has 0 bridgehead atoms. The lowest BCUT2D eigenvalue weighted by atomic mass is 10.1. The number of hydrogen-bond donors (Lipinski definition) is 3. The highest BCUT2D eigenvalue weighted by Gasteiger charge is 2.24. The van der Waals surface area contributed by atoms with Crippen LogP contribution in [-0.4, -0.2) is 37.1 Å². The van der Waals surface area contributed by atoms with Crippen LogP contribution in [0.1, 0.15) is 39.0 Å². The Bertz CT molecular complexity index is 577. The molecule has 3 N–H and O–H groups in total. The molecule has 6 heteroatoms. The van der Waals surface area contributed by atoms with Crippen LogP contribution >= 0.6 is 0 Å². The van der Waals surface area contributed by atoms with Gasteiger partial charge >= 0.3 is 6.03 Å². The Morgan fingerprint density at radius 2 is 1.75 bits per heavy atom. The molecule has 0 aromatic heterocycles. The maximum absolute atomic E-state index is 12.0. The SMILES string of the molecule is CC(Nc1ccc(N2CCCCC2)cc1)C(=O)NC(=O)NC1CC1. The van der Waals surface area contributed by atoms with E-state index in [1.807, 2.05) is 12.1 Å². The first kappa shape index (κ1) is 16.6. The maximum Gasteiger partial charge on any atom is 0.321 e. The molecule has 1 unspecified atom stereocenters. The Labute approximate surface area is 143 Å². The number of amides is 3. The van der Waals surface area contributed by atoms with Gasteiger partial charge in [-0.2, -0.15) is 0 Å². The highest BCUT2D eigenvalue weighted by atomic mass is 16.2. The summed E-state index contributed by atoms with van der Waals surface area (Å²) in [5.74, 6) is -0.326. The van der Waals surface area contributed by atoms with Crippen molar-refractivity contribution in [3.8, 4) is 0 Å². The molecule has 0 radical (unpaired) electrons. The number of urea groups is 1. The molecule has 2 fully saturated rings. The van der Waals surface area contributed by atoms with E-state index in [4.69, 9.17) is 0 Å². The third-order valence-electron chi connectivity index (χ3n) is 4.51. The van der Waals surface area contributed by atoms with E-state index in [9.17, 15) is 9.59 Å². The number of carbonyl (C=O) groups excluding carboxylic acids is 2. The van der Waals surface area contributed by atoms with Crippen LogP contribution < -0.4 is 20.9 Å². The summed E-state index contributed by atoms with van der Waals surface area (Å²) in [4.78, 5) is 26.0. The predicted octanol–water partition coefficient (Wildman–Crippen LogP) is 2.47. The minimum absolute atomic E-state index is 0.239. The first-order valence-electron chi connectivity index (χ1n) is 8.85. The number of anilines is 2. The molecule has 1 aliphatic heterocycles. The summed E-state index contributed by atoms with van der Waals surface area (Å²) in [7, 11) is 0. The number of carbonyl (C=O) groups is 2. The van der Waals surface area contributed by atoms with Gasteiger partial charge in [-0.15, -0.1) is 0 Å². The number of rotatable bonds is 5. The summed E-state index contributed by atoms with van der Waals surface area (Å²) in [6.07, 6.45) is 5.81. The Balaban J connectivity index is 1.48. The lowest BCUT2D eigenvalue weighted by Crippen LogP contribution is -2.46. The molecule has 2 aliphatic rings. The van der Waals surface area contributed by atoms with Crippen molar-refractivity contribution in [3.05, 3.63) is 24.3 Å². The second-order valence-corrected chi connectivity index (χ2v) is 6.70. The normalized spacial score (nSPS) is 18.6. The van der Waals surface area contributed by atoms with Gasteiger partial charge in [0.1, 0.15) is 6.04 Å². The molecule has 1 saturated carbocycles. The molecule has 3 rings (SSSR count). The van der Waals surface area contributed by atoms with E-state index in [0.29, 0.717) is 0 Å². The highest BCUT2D eigenvalue weighted by Crippen LogP contribution is 2.22. The monoisotopic (exact) mass is 330 g/mol. The second-order valence-electron chi connectivity index (χ2n) is 6.70. The summed E-state index contributed by atoms with van der Waals surface area (Å²) in [6.45, 7) is 3.97. The molecular formula is C18H26N4O2. The van der Waals surface area contributed by atoms with Crippen LogP contribution in [0.4, 0.5) is 16.2 Å². The average Bonchev–Trinajstić information content (AvgIpc) is 3.40. The van der Waals surface area contributed by atoms with Crippen LogP contribution in [0.15, 0.2) is 24.3 Å². The van der Waals surface area contributed by atoms with Crippen molar-refractivity contribution in [2.24, 2.45) is 0 Å². The van der Waals surface area contributed by atoms with Gasteiger partial charge in [-0.3, -0.25) is 10.1 Å². The third-order valence-corrected chi connectivity index (χ3v) is 4.51. The van der Waals surface area contributed by atoms with Gasteiger partial charge in [-0.25, -0.2) is 4.79 Å². The van der Waals surface area contributed by atoms with Crippen LogP contribution in [0, 0.1) is 0 Å². The number of benzene rings is 1. The molecular weight excluding hydrogens is 304 g/mol. The van der Waals surface area contributed by atoms with Gasteiger partial charge in [0.2, 0.25) is 5.91 Å². The van der Waals surface area contributed by atoms with Gasteiger partial charge in [0.05, 0.1) is 0 Å². The smallest absolute Gasteiger partial charge is 0.321 e. The zero-order valence-corrected chi connectivity index (χ0v) is 14.2. The molecule has 1 aromatic carbocycles. The van der Waals surface area contributed by atoms with Crippen molar-refractivity contribution in [1.82, 2.24) is 10.6 Å². The molecule has 1 heterocycles. The zero-order chi connectivity index (χ0) is 16.9. The van der Waals surface area contributed by atoms with Crippen molar-refractivity contribution in [2.75, 3.05) is 23.3 Å². The summed E-state index contributed by atoms with van der Waals surface area (Å²) in [5.41, 5.74) is 2.10. The molecule has 0 spiro atoms. The molecule has 3 amide bonds. The molecule has 1 aromatic rings. The van der Waals surface area contributed by atoms with Crippen molar-refractivity contribution >= 4 is 23.3 Å². The van der Waals surface area contributed by atoms with E-state index in [-0.39, 0.29) is 11.9 Å². The molecule has 1 atom stereocenters. The molecule has 24 heavy (non-hydrogen) atoms. The van der Waals surface area contributed by atoms with Crippen LogP contribution in [-0.2, 0) is 4.79 Å². The summed E-state index contributed by atoms with van der Waals surface area (Å²) in [6, 6.07) is 7.49. The number of piperidine rings is 1. The number of hydrogen-bond acceptors (Lipinski definition) is 4. The van der Waals surface area contributed by atoms with Crippen molar-refractivity contribution < 1.29 is 9.59 Å². The Morgan fingerprint density at radius 3 is 2.38 bits per heavy atom. The topological polar surface area (TPSA) is 73.5 Å². The zero-order valence-electron chi connectivity index (χ0n) is 14.2. The first-order chi connectivity index (χ1) is 11.6. The summed E-state index contributed by atoms with van der Waals surface area (Å²) < 4.78 is 0. The molecule has 1 saturated heterocycles. The van der Waals surface area contributed by atoms with E-state index >= 15 is 0 Å². The van der Waals surface area contributed by atoms with E-state index in [2.05, 4.69) is 33.0 Å². The quantitative estimate of drug-likeness (QED) is 0.775. The molecule has 1 aliphatic carbocycles. The fourth-order valence-electron chi connectivity index (χ4n) is 2.91. The van der Waals surface area contributed by atoms with Gasteiger partial charge in [0, 0.05) is 30.5 Å². The van der Waals surface area contributed by atoms with Crippen LogP contribution in [0.3, 0.4) is 0 Å². The second kappa shape index (κ2) is 7.55. The Morgan fingerprint density at radius 1 is 1.08 bits per heavy atom. The van der Waals surface area contributed by atoms with E-state index < -0.39 is 12.1 Å². The van der Waals surface area contributed by atoms with E-state index in [0.717, 1.165) is 31.6 Å². The van der Waals surface area contributed by atoms with Crippen molar-refractivity contribution in [2.45, 2.75) is 51.1 Å². The largest absolute Gasteiger partial charge is 0.374 e. The molecule has 130 valence electrons. The van der Waals surface area contributed by atoms with Gasteiger partial charge in [-0.1, -0.05) is 0 Å². The summed E-state index contributed by atoms with van der Waals surface area (Å²) >= 11 is 0. The lowest BCUT2D eigenvalue weighted by molar-refractivity contribution is -0.120.